The second-order valence-electron chi connectivity index (χ2n) is 6.34. The first-order valence-corrected chi connectivity index (χ1v) is 7.85. The summed E-state index contributed by atoms with van der Waals surface area (Å²) in [5, 5.41) is 5.07. The standard InChI is InChI=1S/C15H26ClN3/c1-4-19-13(12(16)10-18-19)14(17)15(9-11(2)3)7-5-6-8-15/h10-11,14H,4-9,17H2,1-3H3. The van der Waals surface area contributed by atoms with Crippen molar-refractivity contribution in [1.82, 2.24) is 9.78 Å². The molecular formula is C15H26ClN3. The molecule has 1 aliphatic carbocycles. The maximum Gasteiger partial charge on any atom is 0.0834 e. The fourth-order valence-corrected chi connectivity index (χ4v) is 4.02. The van der Waals surface area contributed by atoms with Gasteiger partial charge in [0.25, 0.3) is 0 Å². The van der Waals surface area contributed by atoms with Crippen molar-refractivity contribution in [2.75, 3.05) is 0 Å². The molecule has 19 heavy (non-hydrogen) atoms. The van der Waals surface area contributed by atoms with Gasteiger partial charge in [0.2, 0.25) is 0 Å². The van der Waals surface area contributed by atoms with Crippen molar-refractivity contribution < 1.29 is 0 Å². The molecular weight excluding hydrogens is 258 g/mol. The van der Waals surface area contributed by atoms with E-state index in [9.17, 15) is 0 Å². The van der Waals surface area contributed by atoms with Gasteiger partial charge in [-0.15, -0.1) is 0 Å². The van der Waals surface area contributed by atoms with E-state index < -0.39 is 0 Å². The molecule has 0 saturated heterocycles. The predicted molar refractivity (Wildman–Crippen MR) is 80.2 cm³/mol. The number of aromatic nitrogens is 2. The maximum absolute atomic E-state index is 6.66. The first kappa shape index (κ1) is 14.9. The molecule has 2 N–H and O–H groups in total. The molecule has 0 spiro atoms. The van der Waals surface area contributed by atoms with E-state index in [0.29, 0.717) is 5.92 Å². The van der Waals surface area contributed by atoms with Crippen LogP contribution in [0.3, 0.4) is 0 Å². The average Bonchev–Trinajstić information content (AvgIpc) is 2.95. The van der Waals surface area contributed by atoms with Crippen molar-refractivity contribution >= 4 is 11.6 Å². The molecule has 2 rings (SSSR count). The summed E-state index contributed by atoms with van der Waals surface area (Å²) in [7, 11) is 0. The molecule has 4 heteroatoms. The van der Waals surface area contributed by atoms with Gasteiger partial charge in [0.1, 0.15) is 0 Å². The van der Waals surface area contributed by atoms with Crippen LogP contribution in [-0.2, 0) is 6.54 Å². The Kier molecular flexibility index (Phi) is 4.57. The topological polar surface area (TPSA) is 43.8 Å². The van der Waals surface area contributed by atoms with Gasteiger partial charge in [-0.1, -0.05) is 38.3 Å². The molecule has 0 bridgehead atoms. The van der Waals surface area contributed by atoms with E-state index >= 15 is 0 Å². The first-order valence-electron chi connectivity index (χ1n) is 7.47. The normalized spacial score (nSPS) is 20.1. The number of halogens is 1. The molecule has 0 aromatic carbocycles. The summed E-state index contributed by atoms with van der Waals surface area (Å²) in [6, 6.07) is 0.00681. The van der Waals surface area contributed by atoms with Gasteiger partial charge in [-0.2, -0.15) is 5.10 Å². The minimum Gasteiger partial charge on any atom is -0.322 e. The quantitative estimate of drug-likeness (QED) is 0.882. The largest absolute Gasteiger partial charge is 0.322 e. The van der Waals surface area contributed by atoms with Crippen molar-refractivity contribution in [3.63, 3.8) is 0 Å². The SMILES string of the molecule is CCn1ncc(Cl)c1C(N)C1(CC(C)C)CCCC1. The van der Waals surface area contributed by atoms with Gasteiger partial charge in [-0.25, -0.2) is 0 Å². The molecule has 0 radical (unpaired) electrons. The van der Waals surface area contributed by atoms with Crippen molar-refractivity contribution in [3.8, 4) is 0 Å². The van der Waals surface area contributed by atoms with Crippen LogP contribution in [0.5, 0.6) is 0 Å². The lowest BCUT2D eigenvalue weighted by Gasteiger charge is -2.37. The fourth-order valence-electron chi connectivity index (χ4n) is 3.76. The lowest BCUT2D eigenvalue weighted by Crippen LogP contribution is -2.35. The van der Waals surface area contributed by atoms with Crippen LogP contribution in [0.2, 0.25) is 5.02 Å². The number of rotatable bonds is 5. The molecule has 1 aromatic heterocycles. The Labute approximate surface area is 121 Å². The molecule has 1 heterocycles. The number of nitrogens with zero attached hydrogens (tertiary/aromatic N) is 2. The van der Waals surface area contributed by atoms with Gasteiger partial charge in [0.05, 0.1) is 23.0 Å². The predicted octanol–water partition coefficient (Wildman–Crippen LogP) is 4.16. The van der Waals surface area contributed by atoms with Crippen LogP contribution >= 0.6 is 11.6 Å². The van der Waals surface area contributed by atoms with Crippen molar-refractivity contribution in [2.24, 2.45) is 17.1 Å². The van der Waals surface area contributed by atoms with E-state index in [1.165, 1.54) is 32.1 Å². The highest BCUT2D eigenvalue weighted by Crippen LogP contribution is 2.51. The average molecular weight is 284 g/mol. The Morgan fingerprint density at radius 3 is 2.58 bits per heavy atom. The Balaban J connectivity index is 2.33. The molecule has 1 unspecified atom stereocenters. The van der Waals surface area contributed by atoms with Crippen LogP contribution in [0.1, 0.15) is 64.6 Å². The lowest BCUT2D eigenvalue weighted by atomic mass is 9.72. The highest BCUT2D eigenvalue weighted by molar-refractivity contribution is 6.31. The van der Waals surface area contributed by atoms with Crippen molar-refractivity contribution in [2.45, 2.75) is 65.5 Å². The van der Waals surface area contributed by atoms with Gasteiger partial charge in [0, 0.05) is 6.54 Å². The minimum atomic E-state index is 0.00681. The monoisotopic (exact) mass is 283 g/mol. The van der Waals surface area contributed by atoms with Crippen LogP contribution < -0.4 is 5.73 Å². The number of nitrogens with two attached hydrogens (primary N) is 1. The summed E-state index contributed by atoms with van der Waals surface area (Å²) in [6.07, 6.45) is 7.93. The summed E-state index contributed by atoms with van der Waals surface area (Å²) in [4.78, 5) is 0. The Bertz CT molecular complexity index is 419. The zero-order valence-corrected chi connectivity index (χ0v) is 13.1. The number of aryl methyl sites for hydroxylation is 1. The Morgan fingerprint density at radius 1 is 1.42 bits per heavy atom. The molecule has 1 aromatic rings. The molecule has 1 fully saturated rings. The van der Waals surface area contributed by atoms with Crippen LogP contribution in [0.25, 0.3) is 0 Å². The van der Waals surface area contributed by atoms with Crippen molar-refractivity contribution in [1.29, 1.82) is 0 Å². The van der Waals surface area contributed by atoms with E-state index in [0.717, 1.165) is 17.3 Å². The molecule has 1 atom stereocenters. The summed E-state index contributed by atoms with van der Waals surface area (Å²) in [6.45, 7) is 7.48. The Hall–Kier alpha value is -0.540. The van der Waals surface area contributed by atoms with Gasteiger partial charge in [-0.05, 0) is 37.5 Å². The summed E-state index contributed by atoms with van der Waals surface area (Å²) in [5.74, 6) is 0.668. The molecule has 0 aliphatic heterocycles. The lowest BCUT2D eigenvalue weighted by molar-refractivity contribution is 0.177. The van der Waals surface area contributed by atoms with Gasteiger partial charge < -0.3 is 5.73 Å². The zero-order valence-electron chi connectivity index (χ0n) is 12.3. The van der Waals surface area contributed by atoms with Crippen LogP contribution in [0, 0.1) is 11.3 Å². The smallest absolute Gasteiger partial charge is 0.0834 e. The highest BCUT2D eigenvalue weighted by atomic mass is 35.5. The second kappa shape index (κ2) is 5.84. The Morgan fingerprint density at radius 2 is 2.05 bits per heavy atom. The van der Waals surface area contributed by atoms with Gasteiger partial charge in [0.15, 0.2) is 0 Å². The number of hydrogen-bond acceptors (Lipinski definition) is 2. The van der Waals surface area contributed by atoms with Gasteiger partial charge in [-0.3, -0.25) is 4.68 Å². The molecule has 108 valence electrons. The summed E-state index contributed by atoms with van der Waals surface area (Å²) < 4.78 is 1.97. The molecule has 3 nitrogen and oxygen atoms in total. The van der Waals surface area contributed by atoms with Crippen LogP contribution in [-0.4, -0.2) is 9.78 Å². The molecule has 0 amide bonds. The third kappa shape index (κ3) is 2.82. The van der Waals surface area contributed by atoms with E-state index in [-0.39, 0.29) is 11.5 Å². The number of hydrogen-bond donors (Lipinski definition) is 1. The maximum atomic E-state index is 6.66. The summed E-state index contributed by atoms with van der Waals surface area (Å²) >= 11 is 6.33. The summed E-state index contributed by atoms with van der Waals surface area (Å²) in [5.41, 5.74) is 7.91. The second-order valence-corrected chi connectivity index (χ2v) is 6.75. The zero-order chi connectivity index (χ0) is 14.0. The third-order valence-corrected chi connectivity index (χ3v) is 4.79. The van der Waals surface area contributed by atoms with E-state index in [2.05, 4.69) is 25.9 Å². The van der Waals surface area contributed by atoms with E-state index in [1.807, 2.05) is 4.68 Å². The first-order chi connectivity index (χ1) is 9.00. The van der Waals surface area contributed by atoms with E-state index in [1.54, 1.807) is 6.20 Å². The van der Waals surface area contributed by atoms with Gasteiger partial charge >= 0.3 is 0 Å². The fraction of sp³-hybridized carbons (Fsp3) is 0.800. The molecule has 1 aliphatic rings. The van der Waals surface area contributed by atoms with Crippen molar-refractivity contribution in [3.05, 3.63) is 16.9 Å². The minimum absolute atomic E-state index is 0.00681. The molecule has 1 saturated carbocycles. The third-order valence-electron chi connectivity index (χ3n) is 4.50. The van der Waals surface area contributed by atoms with Crippen LogP contribution in [0.15, 0.2) is 6.20 Å². The highest BCUT2D eigenvalue weighted by Gasteiger charge is 2.42. The van der Waals surface area contributed by atoms with Crippen LogP contribution in [0.4, 0.5) is 0 Å². The van der Waals surface area contributed by atoms with E-state index in [4.69, 9.17) is 17.3 Å².